The Morgan fingerprint density at radius 2 is 1.93 bits per heavy atom. The van der Waals surface area contributed by atoms with Crippen molar-refractivity contribution < 1.29 is 22.3 Å². The van der Waals surface area contributed by atoms with Crippen LogP contribution in [0.3, 0.4) is 0 Å². The summed E-state index contributed by atoms with van der Waals surface area (Å²) in [6.07, 6.45) is -3.24. The lowest BCUT2D eigenvalue weighted by Crippen LogP contribution is -2.17. The Bertz CT molecular complexity index is 485. The van der Waals surface area contributed by atoms with Crippen LogP contribution in [0.25, 0.3) is 11.0 Å². The molecule has 1 aromatic carbocycles. The van der Waals surface area contributed by atoms with Crippen molar-refractivity contribution in [2.24, 2.45) is 0 Å². The van der Waals surface area contributed by atoms with Crippen molar-refractivity contribution in [2.45, 2.75) is 13.3 Å². The van der Waals surface area contributed by atoms with Gasteiger partial charge in [-0.2, -0.15) is 0 Å². The number of hydrogen-bond acceptors (Lipinski definition) is 2. The van der Waals surface area contributed by atoms with E-state index >= 15 is 0 Å². The standard InChI is InChI=1S/C10H7F3O2/c1-6-7-4-5-14-9(7)3-2-8(6)15-10(11,12)13/h2-5H,1H3. The first-order valence-corrected chi connectivity index (χ1v) is 4.20. The first kappa shape index (κ1) is 9.89. The number of aryl methyl sites for hydroxylation is 1. The van der Waals surface area contributed by atoms with E-state index in [9.17, 15) is 13.2 Å². The summed E-state index contributed by atoms with van der Waals surface area (Å²) in [6, 6.07) is 4.30. The maximum atomic E-state index is 12.0. The Hall–Kier alpha value is -1.65. The zero-order chi connectivity index (χ0) is 11.1. The minimum Gasteiger partial charge on any atom is -0.464 e. The molecule has 80 valence electrons. The molecule has 0 spiro atoms. The Morgan fingerprint density at radius 1 is 1.20 bits per heavy atom. The molecule has 0 atom stereocenters. The third-order valence-corrected chi connectivity index (χ3v) is 2.08. The largest absolute Gasteiger partial charge is 0.573 e. The maximum Gasteiger partial charge on any atom is 0.573 e. The number of fused-ring (bicyclic) bond motifs is 1. The van der Waals surface area contributed by atoms with E-state index in [-0.39, 0.29) is 5.75 Å². The topological polar surface area (TPSA) is 22.4 Å². The molecule has 0 amide bonds. The first-order valence-electron chi connectivity index (χ1n) is 4.20. The lowest BCUT2D eigenvalue weighted by molar-refractivity contribution is -0.274. The van der Waals surface area contributed by atoms with Crippen LogP contribution >= 0.6 is 0 Å². The Labute approximate surface area is 83.2 Å². The normalized spacial score (nSPS) is 12.0. The van der Waals surface area contributed by atoms with Crippen LogP contribution < -0.4 is 4.74 Å². The average Bonchev–Trinajstić information content (AvgIpc) is 2.56. The summed E-state index contributed by atoms with van der Waals surface area (Å²) >= 11 is 0. The van der Waals surface area contributed by atoms with Crippen LogP contribution in [-0.2, 0) is 0 Å². The van der Waals surface area contributed by atoms with Crippen molar-refractivity contribution in [3.05, 3.63) is 30.0 Å². The monoisotopic (exact) mass is 216 g/mol. The lowest BCUT2D eigenvalue weighted by atomic mass is 10.1. The van der Waals surface area contributed by atoms with E-state index in [1.165, 1.54) is 18.4 Å². The minimum absolute atomic E-state index is 0.198. The van der Waals surface area contributed by atoms with Gasteiger partial charge in [-0.1, -0.05) is 0 Å². The molecule has 0 saturated carbocycles. The van der Waals surface area contributed by atoms with Crippen LogP contribution in [0.1, 0.15) is 5.56 Å². The number of halogens is 3. The summed E-state index contributed by atoms with van der Waals surface area (Å²) < 4.78 is 44.9. The van der Waals surface area contributed by atoms with Crippen molar-refractivity contribution in [1.82, 2.24) is 0 Å². The number of rotatable bonds is 1. The third kappa shape index (κ3) is 1.91. The van der Waals surface area contributed by atoms with Gasteiger partial charge >= 0.3 is 6.36 Å². The molecule has 0 unspecified atom stereocenters. The van der Waals surface area contributed by atoms with Crippen molar-refractivity contribution in [3.8, 4) is 5.75 Å². The molecule has 0 fully saturated rings. The van der Waals surface area contributed by atoms with Crippen molar-refractivity contribution in [1.29, 1.82) is 0 Å². The number of ether oxygens (including phenoxy) is 1. The van der Waals surface area contributed by atoms with E-state index in [1.807, 2.05) is 0 Å². The third-order valence-electron chi connectivity index (χ3n) is 2.08. The minimum atomic E-state index is -4.66. The summed E-state index contributed by atoms with van der Waals surface area (Å²) in [4.78, 5) is 0. The van der Waals surface area contributed by atoms with Gasteiger partial charge in [0.2, 0.25) is 0 Å². The molecule has 0 aliphatic rings. The van der Waals surface area contributed by atoms with Crippen molar-refractivity contribution in [3.63, 3.8) is 0 Å². The van der Waals surface area contributed by atoms with E-state index in [4.69, 9.17) is 4.42 Å². The Kier molecular flexibility index (Phi) is 2.10. The van der Waals surface area contributed by atoms with E-state index in [0.717, 1.165) is 0 Å². The summed E-state index contributed by atoms with van der Waals surface area (Å²) in [7, 11) is 0. The zero-order valence-corrected chi connectivity index (χ0v) is 7.76. The van der Waals surface area contributed by atoms with Crippen LogP contribution in [0, 0.1) is 6.92 Å². The Balaban J connectivity index is 2.48. The molecule has 0 radical (unpaired) electrons. The van der Waals surface area contributed by atoms with Gasteiger partial charge in [0.05, 0.1) is 6.26 Å². The Morgan fingerprint density at radius 3 is 2.60 bits per heavy atom. The van der Waals surface area contributed by atoms with Gasteiger partial charge in [-0.05, 0) is 25.1 Å². The molecule has 5 heteroatoms. The van der Waals surface area contributed by atoms with Gasteiger partial charge in [0, 0.05) is 10.9 Å². The predicted molar refractivity (Wildman–Crippen MR) is 47.6 cm³/mol. The molecule has 1 aromatic heterocycles. The smallest absolute Gasteiger partial charge is 0.464 e. The summed E-state index contributed by atoms with van der Waals surface area (Å²) in [5.74, 6) is -0.198. The zero-order valence-electron chi connectivity index (χ0n) is 7.76. The summed E-state index contributed by atoms with van der Waals surface area (Å²) in [5, 5.41) is 0.622. The number of hydrogen-bond donors (Lipinski definition) is 0. The van der Waals surface area contributed by atoms with Gasteiger partial charge in [-0.3, -0.25) is 0 Å². The van der Waals surface area contributed by atoms with Gasteiger partial charge in [0.1, 0.15) is 11.3 Å². The highest BCUT2D eigenvalue weighted by atomic mass is 19.4. The number of benzene rings is 1. The second-order valence-electron chi connectivity index (χ2n) is 3.07. The second kappa shape index (κ2) is 3.18. The molecule has 2 rings (SSSR count). The number of furan rings is 1. The van der Waals surface area contributed by atoms with Crippen LogP contribution in [-0.4, -0.2) is 6.36 Å². The SMILES string of the molecule is Cc1c(OC(F)(F)F)ccc2occc12. The molecule has 0 bridgehead atoms. The van der Waals surface area contributed by atoms with Crippen molar-refractivity contribution in [2.75, 3.05) is 0 Å². The van der Waals surface area contributed by atoms with Crippen LogP contribution in [0.2, 0.25) is 0 Å². The quantitative estimate of drug-likeness (QED) is 0.726. The van der Waals surface area contributed by atoms with Crippen LogP contribution in [0.4, 0.5) is 13.2 Å². The maximum absolute atomic E-state index is 12.0. The van der Waals surface area contributed by atoms with E-state index in [2.05, 4.69) is 4.74 Å². The molecule has 1 heterocycles. The van der Waals surface area contributed by atoms with E-state index < -0.39 is 6.36 Å². The van der Waals surface area contributed by atoms with Crippen LogP contribution in [0.5, 0.6) is 5.75 Å². The van der Waals surface area contributed by atoms with Gasteiger partial charge in [-0.15, -0.1) is 13.2 Å². The van der Waals surface area contributed by atoms with Gasteiger partial charge < -0.3 is 9.15 Å². The molecule has 0 N–H and O–H groups in total. The molecule has 15 heavy (non-hydrogen) atoms. The highest BCUT2D eigenvalue weighted by Gasteiger charge is 2.32. The van der Waals surface area contributed by atoms with Gasteiger partial charge in [0.15, 0.2) is 0 Å². The van der Waals surface area contributed by atoms with Gasteiger partial charge in [0.25, 0.3) is 0 Å². The first-order chi connectivity index (χ1) is 6.97. The fourth-order valence-electron chi connectivity index (χ4n) is 1.40. The molecule has 2 aromatic rings. The second-order valence-corrected chi connectivity index (χ2v) is 3.07. The fraction of sp³-hybridized carbons (Fsp3) is 0.200. The fourth-order valence-corrected chi connectivity index (χ4v) is 1.40. The molecule has 0 saturated heterocycles. The van der Waals surface area contributed by atoms with E-state index in [0.29, 0.717) is 16.5 Å². The molecular weight excluding hydrogens is 209 g/mol. The summed E-state index contributed by atoms with van der Waals surface area (Å²) in [6.45, 7) is 1.55. The molecule has 0 aliphatic heterocycles. The molecule has 2 nitrogen and oxygen atoms in total. The van der Waals surface area contributed by atoms with E-state index in [1.54, 1.807) is 13.0 Å². The van der Waals surface area contributed by atoms with Crippen LogP contribution in [0.15, 0.2) is 28.9 Å². The lowest BCUT2D eigenvalue weighted by Gasteiger charge is -2.11. The predicted octanol–water partition coefficient (Wildman–Crippen LogP) is 3.64. The van der Waals surface area contributed by atoms with Crippen molar-refractivity contribution >= 4 is 11.0 Å². The number of alkyl halides is 3. The van der Waals surface area contributed by atoms with Gasteiger partial charge in [-0.25, -0.2) is 0 Å². The highest BCUT2D eigenvalue weighted by Crippen LogP contribution is 2.31. The average molecular weight is 216 g/mol. The highest BCUT2D eigenvalue weighted by molar-refractivity contribution is 5.83. The molecular formula is C10H7F3O2. The molecule has 0 aliphatic carbocycles. The summed E-state index contributed by atoms with van der Waals surface area (Å²) in [5.41, 5.74) is 0.959.